The second-order valence-electron chi connectivity index (χ2n) is 1.61. The first kappa shape index (κ1) is 5.37. The van der Waals surface area contributed by atoms with Crippen LogP contribution >= 0.6 is 0 Å². The van der Waals surface area contributed by atoms with Crippen LogP contribution in [0.15, 0.2) is 16.7 Å². The van der Waals surface area contributed by atoms with Crippen molar-refractivity contribution < 1.29 is 0 Å². The predicted octanol–water partition coefficient (Wildman–Crippen LogP) is -1.18. The van der Waals surface area contributed by atoms with Gasteiger partial charge in [-0.1, -0.05) is 5.47 Å². The Morgan fingerprint density at radius 3 is 2.75 bits per heavy atom. The van der Waals surface area contributed by atoms with E-state index in [2.05, 4.69) is 4.99 Å². The average molecular weight is 108 g/mol. The lowest BCUT2D eigenvalue weighted by atomic mass is 9.70. The van der Waals surface area contributed by atoms with Gasteiger partial charge in [0.1, 0.15) is 0 Å². The fourth-order valence-corrected chi connectivity index (χ4v) is 0.534. The molecule has 0 atom stereocenters. The average Bonchev–Trinajstić information content (AvgIpc) is 2.14. The molecule has 0 unspecified atom stereocenters. The van der Waals surface area contributed by atoms with Crippen LogP contribution in [0.3, 0.4) is 0 Å². The predicted molar refractivity (Wildman–Crippen MR) is 34.5 cm³/mol. The van der Waals surface area contributed by atoms with Crippen molar-refractivity contribution in [3.05, 3.63) is 11.7 Å². The van der Waals surface area contributed by atoms with Crippen molar-refractivity contribution in [1.29, 1.82) is 0 Å². The number of hydrogen-bond donors (Lipinski definition) is 2. The maximum Gasteiger partial charge on any atom is 0.237 e. The van der Waals surface area contributed by atoms with Crippen LogP contribution < -0.4 is 11.5 Å². The normalized spacial score (nSPS) is 17.1. The second kappa shape index (κ2) is 2.00. The Balaban J connectivity index is 2.49. The molecule has 0 saturated carbocycles. The summed E-state index contributed by atoms with van der Waals surface area (Å²) in [5, 5.41) is 0. The number of rotatable bonds is 1. The summed E-state index contributed by atoms with van der Waals surface area (Å²) in [5.41, 5.74) is 12.1. The summed E-state index contributed by atoms with van der Waals surface area (Å²) in [4.78, 5) is 3.79. The molecule has 0 bridgehead atoms. The van der Waals surface area contributed by atoms with Crippen molar-refractivity contribution in [3.63, 3.8) is 0 Å². The molecule has 1 aliphatic heterocycles. The zero-order chi connectivity index (χ0) is 5.98. The van der Waals surface area contributed by atoms with Crippen LogP contribution in [0.1, 0.15) is 0 Å². The third kappa shape index (κ3) is 0.896. The van der Waals surface area contributed by atoms with E-state index in [1.165, 1.54) is 0 Å². The molecule has 3 nitrogen and oxygen atoms in total. The molecule has 8 heavy (non-hydrogen) atoms. The summed E-state index contributed by atoms with van der Waals surface area (Å²) in [7, 11) is 1.76. The minimum absolute atomic E-state index is 0.518. The fraction of sp³-hybridized carbons (Fsp3) is 0.250. The zero-order valence-corrected chi connectivity index (χ0v) is 4.46. The molecule has 0 aromatic carbocycles. The van der Waals surface area contributed by atoms with Gasteiger partial charge in [0, 0.05) is 12.7 Å². The van der Waals surface area contributed by atoms with Gasteiger partial charge in [0.2, 0.25) is 7.28 Å². The largest absolute Gasteiger partial charge is 0.395 e. The molecule has 41 valence electrons. The van der Waals surface area contributed by atoms with E-state index >= 15 is 0 Å². The highest BCUT2D eigenvalue weighted by molar-refractivity contribution is 6.81. The van der Waals surface area contributed by atoms with Crippen molar-refractivity contribution in [1.82, 2.24) is 0 Å². The Labute approximate surface area is 48.7 Å². The first-order valence-corrected chi connectivity index (χ1v) is 2.40. The Kier molecular flexibility index (Phi) is 1.35. The van der Waals surface area contributed by atoms with Crippen LogP contribution in [0, 0.1) is 0 Å². The minimum Gasteiger partial charge on any atom is -0.395 e. The van der Waals surface area contributed by atoms with Gasteiger partial charge in [0.05, 0.1) is 5.73 Å². The van der Waals surface area contributed by atoms with E-state index in [1.54, 1.807) is 13.5 Å². The molecular formula is C4H7BN3. The standard InChI is InChI=1S/C4H7BN3/c6-1-3-2-8-4(7)5-3/h2H,1,6H2,(H2,7,8). The molecular weight excluding hydrogens is 101 g/mol. The summed E-state index contributed by atoms with van der Waals surface area (Å²) >= 11 is 0. The molecule has 0 aromatic heterocycles. The van der Waals surface area contributed by atoms with Crippen molar-refractivity contribution in [3.8, 4) is 0 Å². The van der Waals surface area contributed by atoms with Gasteiger partial charge in [-0.3, -0.25) is 4.99 Å². The first-order valence-electron chi connectivity index (χ1n) is 2.40. The number of nitrogens with zero attached hydrogens (tertiary/aromatic N) is 1. The third-order valence-electron chi connectivity index (χ3n) is 0.948. The van der Waals surface area contributed by atoms with Gasteiger partial charge in [0.25, 0.3) is 0 Å². The quantitative estimate of drug-likeness (QED) is 0.415. The van der Waals surface area contributed by atoms with Gasteiger partial charge in [-0.25, -0.2) is 0 Å². The number of nitrogens with two attached hydrogens (primary N) is 2. The van der Waals surface area contributed by atoms with Gasteiger partial charge in [-0.2, -0.15) is 0 Å². The Morgan fingerprint density at radius 1 is 1.75 bits per heavy atom. The molecule has 1 radical (unpaired) electrons. The van der Waals surface area contributed by atoms with E-state index < -0.39 is 0 Å². The van der Waals surface area contributed by atoms with Crippen molar-refractivity contribution in [2.45, 2.75) is 0 Å². The summed E-state index contributed by atoms with van der Waals surface area (Å²) in [5.74, 6) is 0. The summed E-state index contributed by atoms with van der Waals surface area (Å²) in [6, 6.07) is 0. The van der Waals surface area contributed by atoms with E-state index in [9.17, 15) is 0 Å². The van der Waals surface area contributed by atoms with E-state index in [-0.39, 0.29) is 0 Å². The summed E-state index contributed by atoms with van der Waals surface area (Å²) < 4.78 is 0. The molecule has 4 heteroatoms. The van der Waals surface area contributed by atoms with E-state index in [1.807, 2.05) is 0 Å². The highest BCUT2D eigenvalue weighted by Crippen LogP contribution is 1.96. The van der Waals surface area contributed by atoms with Gasteiger partial charge in [-0.15, -0.1) is 0 Å². The molecule has 0 aliphatic carbocycles. The monoisotopic (exact) mass is 108 g/mol. The molecule has 1 aliphatic rings. The number of hydrogen-bond acceptors (Lipinski definition) is 3. The van der Waals surface area contributed by atoms with Gasteiger partial charge in [-0.05, 0) is 0 Å². The van der Waals surface area contributed by atoms with Crippen molar-refractivity contribution in [2.75, 3.05) is 6.54 Å². The lowest BCUT2D eigenvalue weighted by Crippen LogP contribution is -2.20. The Morgan fingerprint density at radius 2 is 2.50 bits per heavy atom. The van der Waals surface area contributed by atoms with E-state index in [4.69, 9.17) is 11.5 Å². The van der Waals surface area contributed by atoms with Crippen LogP contribution in [0.5, 0.6) is 0 Å². The molecule has 0 amide bonds. The lowest BCUT2D eigenvalue weighted by molar-refractivity contribution is 1.22. The summed E-state index contributed by atoms with van der Waals surface area (Å²) in [6.45, 7) is 0.518. The first-order chi connectivity index (χ1) is 3.83. The van der Waals surface area contributed by atoms with Crippen LogP contribution in [0.4, 0.5) is 0 Å². The van der Waals surface area contributed by atoms with Gasteiger partial charge < -0.3 is 11.5 Å². The molecule has 0 fully saturated rings. The zero-order valence-electron chi connectivity index (χ0n) is 4.46. The maximum absolute atomic E-state index is 5.29. The lowest BCUT2D eigenvalue weighted by Gasteiger charge is -1.88. The topological polar surface area (TPSA) is 64.4 Å². The number of aliphatic imine (C=N–C) groups is 1. The van der Waals surface area contributed by atoms with Gasteiger partial charge >= 0.3 is 0 Å². The second-order valence-corrected chi connectivity index (χ2v) is 1.61. The van der Waals surface area contributed by atoms with Crippen molar-refractivity contribution >= 4 is 13.0 Å². The highest BCUT2D eigenvalue weighted by Gasteiger charge is 2.05. The fourth-order valence-electron chi connectivity index (χ4n) is 0.534. The van der Waals surface area contributed by atoms with E-state index in [0.29, 0.717) is 12.3 Å². The molecule has 4 N–H and O–H groups in total. The molecule has 1 rings (SSSR count). The molecule has 0 saturated heterocycles. The Bertz CT molecular complexity index is 149. The molecule has 0 aromatic rings. The minimum atomic E-state index is 0.518. The van der Waals surface area contributed by atoms with Crippen LogP contribution in [-0.4, -0.2) is 19.6 Å². The molecule has 0 spiro atoms. The summed E-state index contributed by atoms with van der Waals surface area (Å²) in [6.07, 6.45) is 1.68. The molecule has 1 heterocycles. The van der Waals surface area contributed by atoms with Crippen LogP contribution in [0.25, 0.3) is 0 Å². The smallest absolute Gasteiger partial charge is 0.237 e. The van der Waals surface area contributed by atoms with Crippen LogP contribution in [0.2, 0.25) is 0 Å². The van der Waals surface area contributed by atoms with Gasteiger partial charge in [0.15, 0.2) is 0 Å². The number of amidine groups is 1. The third-order valence-corrected chi connectivity index (χ3v) is 0.948. The SMILES string of the molecule is NCC1=CN=C(N)[B]1. The van der Waals surface area contributed by atoms with Crippen molar-refractivity contribution in [2.24, 2.45) is 16.5 Å². The highest BCUT2D eigenvalue weighted by atomic mass is 14.8. The van der Waals surface area contributed by atoms with Crippen LogP contribution in [-0.2, 0) is 0 Å². The Hall–Kier alpha value is -0.765. The maximum atomic E-state index is 5.29. The van der Waals surface area contributed by atoms with E-state index in [0.717, 1.165) is 5.47 Å².